The van der Waals surface area contributed by atoms with Crippen LogP contribution in [0, 0.1) is 12.3 Å². The van der Waals surface area contributed by atoms with E-state index in [0.29, 0.717) is 24.1 Å². The largest absolute Gasteiger partial charge is 0.490 e. The van der Waals surface area contributed by atoms with Gasteiger partial charge in [0, 0.05) is 0 Å². The van der Waals surface area contributed by atoms with Crippen LogP contribution in [0.2, 0.25) is 0 Å². The summed E-state index contributed by atoms with van der Waals surface area (Å²) in [5.74, 6) is 1.08. The maximum absolute atomic E-state index is 12.6. The summed E-state index contributed by atoms with van der Waals surface area (Å²) in [4.78, 5) is 16.7. The van der Waals surface area contributed by atoms with Gasteiger partial charge >= 0.3 is 0 Å². The molecule has 0 spiro atoms. The number of hydrogen-bond donors (Lipinski definition) is 1. The Morgan fingerprint density at radius 1 is 1.09 bits per heavy atom. The van der Waals surface area contributed by atoms with Crippen LogP contribution in [0.1, 0.15) is 37.3 Å². The number of nitrogens with one attached hydrogen (secondary N) is 1. The molecule has 0 fully saturated rings. The first kappa shape index (κ1) is 22.8. The predicted octanol–water partition coefficient (Wildman–Crippen LogP) is 5.26. The number of amides is 1. The van der Waals surface area contributed by atoms with Gasteiger partial charge in [-0.1, -0.05) is 43.2 Å². The number of aliphatic imine (C=N–C) groups is 1. The minimum Gasteiger partial charge on any atom is -0.490 e. The van der Waals surface area contributed by atoms with Gasteiger partial charge in [0.1, 0.15) is 29.8 Å². The quantitative estimate of drug-likeness (QED) is 0.406. The molecular formula is C25H26N4O3S. The number of fused-ring (bicyclic) bond motifs is 1. The van der Waals surface area contributed by atoms with Gasteiger partial charge in [0.05, 0.1) is 5.57 Å². The maximum Gasteiger partial charge on any atom is 0.283 e. The number of thioether (sulfide) groups is 1. The van der Waals surface area contributed by atoms with E-state index in [0.717, 1.165) is 35.6 Å². The first-order valence-corrected chi connectivity index (χ1v) is 11.8. The molecule has 0 unspecified atom stereocenters. The van der Waals surface area contributed by atoms with Crippen LogP contribution in [0.15, 0.2) is 64.2 Å². The van der Waals surface area contributed by atoms with Gasteiger partial charge in [0.2, 0.25) is 5.17 Å². The van der Waals surface area contributed by atoms with Crippen molar-refractivity contribution in [1.29, 1.82) is 5.41 Å². The second-order valence-electron chi connectivity index (χ2n) is 7.70. The minimum atomic E-state index is -0.427. The lowest BCUT2D eigenvalue weighted by Gasteiger charge is -2.20. The number of aryl methyl sites for hydroxylation is 1. The topological polar surface area (TPSA) is 87.3 Å². The Morgan fingerprint density at radius 2 is 1.85 bits per heavy atom. The van der Waals surface area contributed by atoms with Crippen LogP contribution in [0.3, 0.4) is 0 Å². The lowest BCUT2D eigenvalue weighted by Crippen LogP contribution is -2.35. The van der Waals surface area contributed by atoms with Crippen molar-refractivity contribution in [3.63, 3.8) is 0 Å². The van der Waals surface area contributed by atoms with Gasteiger partial charge in [0.25, 0.3) is 5.91 Å². The average molecular weight is 463 g/mol. The lowest BCUT2D eigenvalue weighted by atomic mass is 10.1. The molecule has 2 aliphatic heterocycles. The molecule has 2 aromatic carbocycles. The molecule has 170 valence electrons. The molecule has 0 atom stereocenters. The third kappa shape index (κ3) is 5.70. The molecule has 7 nitrogen and oxygen atoms in total. The van der Waals surface area contributed by atoms with Crippen molar-refractivity contribution in [2.45, 2.75) is 33.1 Å². The number of rotatable bonds is 9. The van der Waals surface area contributed by atoms with E-state index >= 15 is 0 Å². The zero-order chi connectivity index (χ0) is 23.2. The molecule has 33 heavy (non-hydrogen) atoms. The number of benzene rings is 2. The zero-order valence-electron chi connectivity index (χ0n) is 18.7. The predicted molar refractivity (Wildman–Crippen MR) is 133 cm³/mol. The number of carbonyl (C=O) groups is 1. The summed E-state index contributed by atoms with van der Waals surface area (Å²) in [7, 11) is 0. The van der Waals surface area contributed by atoms with Crippen LogP contribution in [0.4, 0.5) is 0 Å². The standard InChI is InChI=1S/C25H26N4O3S/c1-3-4-8-22-28-29-23(26)21(24(30)27-25(29)33-22)16-18-6-5-7-20(15-18)32-14-13-31-19-11-9-17(2)10-12-19/h5-7,9-12,15-16,26H,3-4,8,13-14H2,1-2H3. The first-order valence-electron chi connectivity index (χ1n) is 10.9. The Bertz CT molecular complexity index is 1140. The molecule has 2 heterocycles. The Balaban J connectivity index is 1.39. The molecule has 0 bridgehead atoms. The number of nitrogens with zero attached hydrogens (tertiary/aromatic N) is 3. The minimum absolute atomic E-state index is 0.0433. The number of unbranched alkanes of at least 4 members (excludes halogenated alkanes) is 1. The number of hydrogen-bond acceptors (Lipinski definition) is 6. The molecule has 0 aliphatic carbocycles. The molecule has 0 aromatic heterocycles. The zero-order valence-corrected chi connectivity index (χ0v) is 19.5. The fourth-order valence-corrected chi connectivity index (χ4v) is 4.20. The summed E-state index contributed by atoms with van der Waals surface area (Å²) in [6, 6.07) is 15.2. The fourth-order valence-electron chi connectivity index (χ4n) is 3.28. The smallest absolute Gasteiger partial charge is 0.283 e. The summed E-state index contributed by atoms with van der Waals surface area (Å²) >= 11 is 1.37. The van der Waals surface area contributed by atoms with Gasteiger partial charge < -0.3 is 9.47 Å². The second-order valence-corrected chi connectivity index (χ2v) is 8.74. The number of carbonyl (C=O) groups excluding carboxylic acids is 1. The highest BCUT2D eigenvalue weighted by Gasteiger charge is 2.35. The monoisotopic (exact) mass is 462 g/mol. The fraction of sp³-hybridized carbons (Fsp3) is 0.280. The van der Waals surface area contributed by atoms with Gasteiger partial charge in [0.15, 0.2) is 5.84 Å². The number of amidine groups is 2. The number of ether oxygens (including phenoxy) is 2. The summed E-state index contributed by atoms with van der Waals surface area (Å²) in [6.45, 7) is 4.95. The van der Waals surface area contributed by atoms with Crippen molar-refractivity contribution < 1.29 is 14.3 Å². The molecule has 0 saturated heterocycles. The van der Waals surface area contributed by atoms with Gasteiger partial charge in [-0.25, -0.2) is 0 Å². The summed E-state index contributed by atoms with van der Waals surface area (Å²) < 4.78 is 11.5. The van der Waals surface area contributed by atoms with E-state index in [1.807, 2.05) is 55.5 Å². The summed E-state index contributed by atoms with van der Waals surface area (Å²) in [5.41, 5.74) is 2.14. The van der Waals surface area contributed by atoms with E-state index in [4.69, 9.17) is 14.9 Å². The van der Waals surface area contributed by atoms with Crippen molar-refractivity contribution in [3.8, 4) is 11.5 Å². The highest BCUT2D eigenvalue weighted by Crippen LogP contribution is 2.30. The van der Waals surface area contributed by atoms with Crippen molar-refractivity contribution in [1.82, 2.24) is 5.01 Å². The lowest BCUT2D eigenvalue weighted by molar-refractivity contribution is -0.114. The van der Waals surface area contributed by atoms with Gasteiger partial charge in [-0.05, 0) is 67.4 Å². The van der Waals surface area contributed by atoms with Crippen LogP contribution in [0.25, 0.3) is 6.08 Å². The molecule has 8 heteroatoms. The molecule has 1 N–H and O–H groups in total. The molecular weight excluding hydrogens is 436 g/mol. The average Bonchev–Trinajstić information content (AvgIpc) is 3.22. The van der Waals surface area contributed by atoms with E-state index in [-0.39, 0.29) is 11.4 Å². The van der Waals surface area contributed by atoms with Crippen molar-refractivity contribution in [2.24, 2.45) is 10.1 Å². The van der Waals surface area contributed by atoms with E-state index < -0.39 is 5.91 Å². The van der Waals surface area contributed by atoms with Gasteiger partial charge in [-0.15, -0.1) is 0 Å². The Hall–Kier alpha value is -3.39. The number of hydrazone groups is 1. The Labute approximate surface area is 197 Å². The summed E-state index contributed by atoms with van der Waals surface area (Å²) in [6.07, 6.45) is 4.55. The third-order valence-corrected chi connectivity index (χ3v) is 6.02. The highest BCUT2D eigenvalue weighted by molar-refractivity contribution is 8.26. The van der Waals surface area contributed by atoms with E-state index in [9.17, 15) is 4.79 Å². The van der Waals surface area contributed by atoms with E-state index in [1.165, 1.54) is 22.3 Å². The van der Waals surface area contributed by atoms with Crippen LogP contribution in [-0.4, -0.2) is 40.2 Å². The molecule has 2 aliphatic rings. The van der Waals surface area contributed by atoms with E-state index in [2.05, 4.69) is 17.0 Å². The molecule has 0 saturated carbocycles. The molecule has 4 rings (SSSR count). The first-order chi connectivity index (χ1) is 16.0. The van der Waals surface area contributed by atoms with Gasteiger partial charge in [-0.2, -0.15) is 15.1 Å². The van der Waals surface area contributed by atoms with Crippen LogP contribution < -0.4 is 9.47 Å². The highest BCUT2D eigenvalue weighted by atomic mass is 32.2. The van der Waals surface area contributed by atoms with Crippen molar-refractivity contribution in [2.75, 3.05) is 13.2 Å². The molecule has 2 aromatic rings. The van der Waals surface area contributed by atoms with Crippen LogP contribution in [0.5, 0.6) is 11.5 Å². The third-order valence-electron chi connectivity index (χ3n) is 5.05. The Morgan fingerprint density at radius 3 is 2.61 bits per heavy atom. The van der Waals surface area contributed by atoms with Crippen LogP contribution in [-0.2, 0) is 4.79 Å². The van der Waals surface area contributed by atoms with Crippen LogP contribution >= 0.6 is 11.8 Å². The summed E-state index contributed by atoms with van der Waals surface area (Å²) in [5, 5.41) is 15.8. The van der Waals surface area contributed by atoms with Crippen molar-refractivity contribution >= 4 is 39.8 Å². The molecule has 0 radical (unpaired) electrons. The van der Waals surface area contributed by atoms with Gasteiger partial charge in [-0.3, -0.25) is 10.2 Å². The normalized spacial score (nSPS) is 16.5. The Kier molecular flexibility index (Phi) is 7.24. The molecule has 1 amide bonds. The van der Waals surface area contributed by atoms with E-state index in [1.54, 1.807) is 6.08 Å². The second kappa shape index (κ2) is 10.5. The SMILES string of the molecule is CCCCC1=NN2C(=N)C(=Cc3cccc(OCCOc4ccc(C)cc4)c3)C(=O)N=C2S1. The van der Waals surface area contributed by atoms with Crippen molar-refractivity contribution in [3.05, 3.63) is 65.2 Å². The maximum atomic E-state index is 12.6.